The molecule has 0 bridgehead atoms. The monoisotopic (exact) mass is 840 g/mol. The van der Waals surface area contributed by atoms with E-state index in [1.807, 2.05) is 0 Å². The van der Waals surface area contributed by atoms with Gasteiger partial charge in [-0.2, -0.15) is 0 Å². The molecule has 2 heterocycles. The summed E-state index contributed by atoms with van der Waals surface area (Å²) in [4.78, 5) is 0. The molecule has 15 rings (SSSR count). The van der Waals surface area contributed by atoms with Crippen LogP contribution in [0, 0.1) is 0 Å². The van der Waals surface area contributed by atoms with E-state index in [9.17, 15) is 0 Å². The average molecular weight is 841 g/mol. The molecule has 65 heavy (non-hydrogen) atoms. The van der Waals surface area contributed by atoms with Gasteiger partial charge >= 0.3 is 0 Å². The molecule has 0 saturated heterocycles. The third kappa shape index (κ3) is 4.34. The molecule has 0 aromatic heterocycles. The van der Waals surface area contributed by atoms with Crippen LogP contribution in [0.5, 0.6) is 11.5 Å². The number of rotatable bonds is 2. The number of ether oxygens (including phenoxy) is 2. The molecule has 2 fully saturated rings. The maximum atomic E-state index is 6.85. The summed E-state index contributed by atoms with van der Waals surface area (Å²) in [7, 11) is 0. The summed E-state index contributed by atoms with van der Waals surface area (Å²) in [6.07, 6.45) is 9.50. The molecule has 6 aliphatic rings. The Bertz CT molecular complexity index is 3440. The Morgan fingerprint density at radius 1 is 0.369 bits per heavy atom. The summed E-state index contributed by atoms with van der Waals surface area (Å²) in [5.74, 6) is 2.14. The van der Waals surface area contributed by atoms with Crippen LogP contribution < -0.4 is 9.47 Å². The van der Waals surface area contributed by atoms with Crippen molar-refractivity contribution in [1.82, 2.24) is 0 Å². The molecule has 2 nitrogen and oxygen atoms in total. The van der Waals surface area contributed by atoms with E-state index in [1.165, 1.54) is 136 Å². The SMILES string of the molecule is CC12CCCCC1(C)c1cc(-c3ccc4c(c3)C3(c5cc(-c6ccc7c(c6)C6(C)CCCCC6(C)O7)ccc5-4)c4ccccc4-c4c3cc3ccc5cccc6ccc4c3c56)ccc1O2. The van der Waals surface area contributed by atoms with Crippen LogP contribution in [0.3, 0.4) is 0 Å². The van der Waals surface area contributed by atoms with Gasteiger partial charge in [-0.3, -0.25) is 0 Å². The van der Waals surface area contributed by atoms with Crippen molar-refractivity contribution >= 4 is 32.3 Å². The fourth-order valence-electron chi connectivity index (χ4n) is 14.9. The van der Waals surface area contributed by atoms with Crippen molar-refractivity contribution in [2.24, 2.45) is 0 Å². The highest BCUT2D eigenvalue weighted by Crippen LogP contribution is 2.66. The van der Waals surface area contributed by atoms with Gasteiger partial charge in [-0.15, -0.1) is 0 Å². The topological polar surface area (TPSA) is 18.5 Å². The van der Waals surface area contributed by atoms with Gasteiger partial charge in [0, 0.05) is 22.0 Å². The van der Waals surface area contributed by atoms with Crippen molar-refractivity contribution in [3.8, 4) is 56.0 Å². The molecule has 4 aliphatic carbocycles. The minimum absolute atomic E-state index is 0.00121. The third-order valence-electron chi connectivity index (χ3n) is 18.8. The van der Waals surface area contributed by atoms with E-state index >= 15 is 0 Å². The zero-order valence-corrected chi connectivity index (χ0v) is 37.8. The Kier molecular flexibility index (Phi) is 6.86. The first-order valence-corrected chi connectivity index (χ1v) is 24.4. The van der Waals surface area contributed by atoms with Crippen LogP contribution in [0.15, 0.2) is 146 Å². The first-order valence-electron chi connectivity index (χ1n) is 24.4. The first kappa shape index (κ1) is 36.9. The standard InChI is InChI=1S/C63H52O2/c1-59-28-7-9-30-61(59,3)64-54-26-21-41(34-51(54)59)39-19-23-44-45-24-20-40(42-22-27-55-52(35-42)60(2)29-8-10-31-62(60,4)65-55)33-50(45)63(49(44)32-39)48-15-6-5-14-46(48)58-47-25-18-38-13-11-12-37-16-17-43(36-53(58)63)57(47)56(37)38/h5-6,11-27,32-36H,7-10,28-31H2,1-4H3. The van der Waals surface area contributed by atoms with Crippen molar-refractivity contribution in [2.45, 2.75) is 107 Å². The molecule has 1 spiro atoms. The van der Waals surface area contributed by atoms with Crippen LogP contribution in [-0.4, -0.2) is 11.2 Å². The number of hydrogen-bond acceptors (Lipinski definition) is 2. The maximum Gasteiger partial charge on any atom is 0.124 e. The molecule has 316 valence electrons. The summed E-state index contributed by atoms with van der Waals surface area (Å²) in [5, 5.41) is 8.00. The fourth-order valence-corrected chi connectivity index (χ4v) is 14.9. The van der Waals surface area contributed by atoms with Crippen molar-refractivity contribution in [1.29, 1.82) is 0 Å². The van der Waals surface area contributed by atoms with Gasteiger partial charge in [-0.1, -0.05) is 130 Å². The molecule has 2 heteroatoms. The van der Waals surface area contributed by atoms with E-state index in [-0.39, 0.29) is 22.0 Å². The van der Waals surface area contributed by atoms with E-state index in [1.54, 1.807) is 0 Å². The van der Waals surface area contributed by atoms with Crippen molar-refractivity contribution in [2.75, 3.05) is 0 Å². The largest absolute Gasteiger partial charge is 0.486 e. The second kappa shape index (κ2) is 12.1. The van der Waals surface area contributed by atoms with E-state index in [2.05, 4.69) is 173 Å². The van der Waals surface area contributed by atoms with Crippen molar-refractivity contribution in [3.05, 3.63) is 179 Å². The second-order valence-corrected chi connectivity index (χ2v) is 21.6. The summed E-state index contributed by atoms with van der Waals surface area (Å²) in [5.41, 5.74) is 17.8. The van der Waals surface area contributed by atoms with E-state index < -0.39 is 5.41 Å². The lowest BCUT2D eigenvalue weighted by Crippen LogP contribution is -2.49. The van der Waals surface area contributed by atoms with Crippen molar-refractivity contribution in [3.63, 3.8) is 0 Å². The maximum absolute atomic E-state index is 6.85. The van der Waals surface area contributed by atoms with Crippen molar-refractivity contribution < 1.29 is 9.47 Å². The van der Waals surface area contributed by atoms with E-state index in [0.717, 1.165) is 37.2 Å². The Hall–Kier alpha value is -6.38. The molecule has 9 aromatic carbocycles. The molecular weight excluding hydrogens is 789 g/mol. The number of benzene rings is 9. The Labute approximate surface area is 381 Å². The minimum atomic E-state index is -0.533. The Morgan fingerprint density at radius 2 is 0.877 bits per heavy atom. The fraction of sp³-hybridized carbons (Fsp3) is 0.270. The molecule has 2 aliphatic heterocycles. The normalized spacial score (nSPS) is 27.4. The van der Waals surface area contributed by atoms with Gasteiger partial charge in [0.15, 0.2) is 0 Å². The molecule has 0 N–H and O–H groups in total. The highest BCUT2D eigenvalue weighted by molar-refractivity contribution is 6.27. The highest BCUT2D eigenvalue weighted by Gasteiger charge is 2.57. The summed E-state index contributed by atoms with van der Waals surface area (Å²) < 4.78 is 13.7. The Balaban J connectivity index is 0.995. The van der Waals surface area contributed by atoms with Gasteiger partial charge in [0.1, 0.15) is 22.7 Å². The summed E-state index contributed by atoms with van der Waals surface area (Å²) >= 11 is 0. The Morgan fingerprint density at radius 3 is 1.48 bits per heavy atom. The number of fused-ring (bicyclic) bond motifs is 17. The van der Waals surface area contributed by atoms with Crippen LogP contribution in [0.25, 0.3) is 76.8 Å². The molecule has 2 saturated carbocycles. The molecule has 4 atom stereocenters. The zero-order chi connectivity index (χ0) is 43.2. The lowest BCUT2D eigenvalue weighted by atomic mass is 9.63. The van der Waals surface area contributed by atoms with Gasteiger partial charge < -0.3 is 9.47 Å². The predicted octanol–water partition coefficient (Wildman–Crippen LogP) is 16.2. The number of hydrogen-bond donors (Lipinski definition) is 0. The van der Waals surface area contributed by atoms with Gasteiger partial charge in [-0.05, 0) is 194 Å². The highest BCUT2D eigenvalue weighted by atomic mass is 16.5. The average Bonchev–Trinajstić information content (AvgIpc) is 3.96. The smallest absolute Gasteiger partial charge is 0.124 e. The van der Waals surface area contributed by atoms with Gasteiger partial charge in [0.05, 0.1) is 5.41 Å². The van der Waals surface area contributed by atoms with E-state index in [0.29, 0.717) is 0 Å². The molecule has 0 radical (unpaired) electrons. The quantitative estimate of drug-likeness (QED) is 0.161. The van der Waals surface area contributed by atoms with Gasteiger partial charge in [0.25, 0.3) is 0 Å². The van der Waals surface area contributed by atoms with Gasteiger partial charge in [-0.25, -0.2) is 0 Å². The third-order valence-corrected chi connectivity index (χ3v) is 18.8. The second-order valence-electron chi connectivity index (χ2n) is 21.6. The molecule has 0 amide bonds. The molecule has 9 aromatic rings. The van der Waals surface area contributed by atoms with Gasteiger partial charge in [0.2, 0.25) is 0 Å². The van der Waals surface area contributed by atoms with Crippen LogP contribution >= 0.6 is 0 Å². The lowest BCUT2D eigenvalue weighted by molar-refractivity contribution is 0.00727. The van der Waals surface area contributed by atoms with Crippen LogP contribution in [0.2, 0.25) is 0 Å². The predicted molar refractivity (Wildman–Crippen MR) is 267 cm³/mol. The first-order chi connectivity index (χ1) is 31.6. The molecular formula is C63H52O2. The van der Waals surface area contributed by atoms with E-state index in [4.69, 9.17) is 9.47 Å². The minimum Gasteiger partial charge on any atom is -0.486 e. The summed E-state index contributed by atoms with van der Waals surface area (Å²) in [6.45, 7) is 9.62. The summed E-state index contributed by atoms with van der Waals surface area (Å²) in [6, 6.07) is 57.1. The lowest BCUT2D eigenvalue weighted by Gasteiger charge is -2.43. The molecule has 4 unspecified atom stereocenters. The van der Waals surface area contributed by atoms with Crippen LogP contribution in [0.1, 0.15) is 112 Å². The van der Waals surface area contributed by atoms with Crippen LogP contribution in [0.4, 0.5) is 0 Å². The zero-order valence-electron chi connectivity index (χ0n) is 37.8. The van der Waals surface area contributed by atoms with Crippen LogP contribution in [-0.2, 0) is 16.2 Å².